The Morgan fingerprint density at radius 2 is 2.09 bits per heavy atom. The first-order chi connectivity index (χ1) is 10.7. The lowest BCUT2D eigenvalue weighted by Crippen LogP contribution is -2.05. The van der Waals surface area contributed by atoms with Gasteiger partial charge in [-0.15, -0.1) is 0 Å². The van der Waals surface area contributed by atoms with E-state index in [4.69, 9.17) is 11.0 Å². The second kappa shape index (κ2) is 5.50. The lowest BCUT2D eigenvalue weighted by Gasteiger charge is -2.01. The second-order valence-electron chi connectivity index (χ2n) is 4.62. The summed E-state index contributed by atoms with van der Waals surface area (Å²) < 4.78 is 0. The number of carbonyl (C=O) groups is 1. The van der Waals surface area contributed by atoms with Crippen LogP contribution in [0.5, 0.6) is 0 Å². The van der Waals surface area contributed by atoms with Crippen molar-refractivity contribution in [2.45, 2.75) is 0 Å². The number of hydrogen-bond donors (Lipinski definition) is 2. The average molecular weight is 289 g/mol. The van der Waals surface area contributed by atoms with Gasteiger partial charge in [0.1, 0.15) is 5.52 Å². The number of primary amides is 1. The highest BCUT2D eigenvalue weighted by Gasteiger charge is 2.07. The summed E-state index contributed by atoms with van der Waals surface area (Å²) in [7, 11) is 0. The molecule has 0 saturated heterocycles. The number of nitrogens with one attached hydrogen (secondary N) is 1. The van der Waals surface area contributed by atoms with Gasteiger partial charge >= 0.3 is 0 Å². The first kappa shape index (κ1) is 13.5. The van der Waals surface area contributed by atoms with E-state index in [-0.39, 0.29) is 0 Å². The molecule has 22 heavy (non-hydrogen) atoms. The number of nitrogens with zero attached hydrogens (tertiary/aromatic N) is 3. The van der Waals surface area contributed by atoms with E-state index >= 15 is 0 Å². The average Bonchev–Trinajstić information content (AvgIpc) is 2.95. The van der Waals surface area contributed by atoms with Gasteiger partial charge in [0, 0.05) is 23.4 Å². The lowest BCUT2D eigenvalue weighted by atomic mass is 10.1. The van der Waals surface area contributed by atoms with E-state index in [0.717, 1.165) is 11.1 Å². The molecule has 0 aliphatic heterocycles. The van der Waals surface area contributed by atoms with Gasteiger partial charge in [0.2, 0.25) is 5.91 Å². The van der Waals surface area contributed by atoms with Crippen molar-refractivity contribution in [3.63, 3.8) is 0 Å². The summed E-state index contributed by atoms with van der Waals surface area (Å²) >= 11 is 0. The topological polar surface area (TPSA) is 108 Å². The quantitative estimate of drug-likeness (QED) is 0.718. The van der Waals surface area contributed by atoms with Gasteiger partial charge in [-0.25, -0.2) is 9.97 Å². The summed E-state index contributed by atoms with van der Waals surface area (Å²) in [5.41, 5.74) is 9.25. The molecule has 3 aromatic rings. The van der Waals surface area contributed by atoms with Crippen LogP contribution in [-0.2, 0) is 4.79 Å². The van der Waals surface area contributed by atoms with Crippen molar-refractivity contribution in [1.82, 2.24) is 15.0 Å². The molecule has 6 heteroatoms. The SMILES string of the molecule is N#Cc1ccc(-c2cnc3[nH]cc(C=CC(N)=O)c3n2)cc1. The molecule has 0 unspecified atom stereocenters. The second-order valence-corrected chi connectivity index (χ2v) is 4.62. The molecule has 0 radical (unpaired) electrons. The van der Waals surface area contributed by atoms with Crippen LogP contribution >= 0.6 is 0 Å². The van der Waals surface area contributed by atoms with Crippen molar-refractivity contribution in [2.24, 2.45) is 5.73 Å². The number of benzene rings is 1. The van der Waals surface area contributed by atoms with Gasteiger partial charge in [0.25, 0.3) is 0 Å². The van der Waals surface area contributed by atoms with Gasteiger partial charge in [-0.1, -0.05) is 12.1 Å². The fourth-order valence-electron chi connectivity index (χ4n) is 2.06. The van der Waals surface area contributed by atoms with Crippen LogP contribution in [-0.4, -0.2) is 20.9 Å². The fraction of sp³-hybridized carbons (Fsp3) is 0. The normalized spacial score (nSPS) is 10.9. The molecule has 6 nitrogen and oxygen atoms in total. The van der Waals surface area contributed by atoms with E-state index < -0.39 is 5.91 Å². The van der Waals surface area contributed by atoms with E-state index in [1.54, 1.807) is 30.6 Å². The molecule has 0 saturated carbocycles. The van der Waals surface area contributed by atoms with Crippen LogP contribution < -0.4 is 5.73 Å². The molecule has 3 N–H and O–H groups in total. The standard InChI is InChI=1S/C16H11N5O/c17-7-10-1-3-11(4-2-10)13-9-20-16-15(21-13)12(8-19-16)5-6-14(18)22/h1-6,8-9H,(H2,18,22)(H,19,20). The number of aromatic amines is 1. The van der Waals surface area contributed by atoms with Crippen molar-refractivity contribution < 1.29 is 4.79 Å². The maximum atomic E-state index is 10.8. The number of fused-ring (bicyclic) bond motifs is 1. The van der Waals surface area contributed by atoms with E-state index in [1.807, 2.05) is 12.1 Å². The van der Waals surface area contributed by atoms with Gasteiger partial charge < -0.3 is 10.7 Å². The fourth-order valence-corrected chi connectivity index (χ4v) is 2.06. The number of carbonyl (C=O) groups excluding carboxylic acids is 1. The predicted molar refractivity (Wildman–Crippen MR) is 82.3 cm³/mol. The third kappa shape index (κ3) is 2.55. The smallest absolute Gasteiger partial charge is 0.241 e. The Hall–Kier alpha value is -3.46. The monoisotopic (exact) mass is 289 g/mol. The Balaban J connectivity index is 2.06. The molecule has 0 aliphatic rings. The summed E-state index contributed by atoms with van der Waals surface area (Å²) in [5, 5.41) is 8.83. The third-order valence-corrected chi connectivity index (χ3v) is 3.15. The molecule has 0 bridgehead atoms. The zero-order valence-corrected chi connectivity index (χ0v) is 11.4. The Bertz CT molecular complexity index is 916. The zero-order valence-electron chi connectivity index (χ0n) is 11.4. The van der Waals surface area contributed by atoms with Crippen LogP contribution in [0, 0.1) is 11.3 Å². The summed E-state index contributed by atoms with van der Waals surface area (Å²) in [6.07, 6.45) is 6.24. The van der Waals surface area contributed by atoms with Gasteiger partial charge in [0.05, 0.1) is 23.5 Å². The first-order valence-corrected chi connectivity index (χ1v) is 6.49. The molecule has 106 valence electrons. The highest BCUT2D eigenvalue weighted by atomic mass is 16.1. The highest BCUT2D eigenvalue weighted by Crippen LogP contribution is 2.22. The molecule has 0 fully saturated rings. The van der Waals surface area contributed by atoms with Crippen molar-refractivity contribution in [3.05, 3.63) is 53.9 Å². The van der Waals surface area contributed by atoms with E-state index in [2.05, 4.69) is 21.0 Å². The van der Waals surface area contributed by atoms with Crippen molar-refractivity contribution >= 4 is 23.1 Å². The molecule has 0 spiro atoms. The van der Waals surface area contributed by atoms with Crippen LogP contribution in [0.3, 0.4) is 0 Å². The summed E-state index contributed by atoms with van der Waals surface area (Å²) in [6, 6.07) is 9.17. The van der Waals surface area contributed by atoms with Gasteiger partial charge in [-0.2, -0.15) is 5.26 Å². The highest BCUT2D eigenvalue weighted by molar-refractivity contribution is 5.93. The van der Waals surface area contributed by atoms with Gasteiger partial charge in [-0.3, -0.25) is 4.79 Å². The minimum absolute atomic E-state index is 0.523. The molecular weight excluding hydrogens is 278 g/mol. The Morgan fingerprint density at radius 3 is 2.77 bits per heavy atom. The van der Waals surface area contributed by atoms with Crippen LogP contribution in [0.25, 0.3) is 28.5 Å². The summed E-state index contributed by atoms with van der Waals surface area (Å²) in [5.74, 6) is -0.523. The minimum Gasteiger partial charge on any atom is -0.366 e. The number of H-pyrrole nitrogens is 1. The number of nitriles is 1. The van der Waals surface area contributed by atoms with Crippen LogP contribution in [0.2, 0.25) is 0 Å². The number of nitrogens with two attached hydrogens (primary N) is 1. The Labute approximate surface area is 125 Å². The first-order valence-electron chi connectivity index (χ1n) is 6.49. The molecule has 3 rings (SSSR count). The molecule has 0 aliphatic carbocycles. The van der Waals surface area contributed by atoms with E-state index in [0.29, 0.717) is 22.4 Å². The van der Waals surface area contributed by atoms with Crippen LogP contribution in [0.15, 0.2) is 42.7 Å². The molecular formula is C16H11N5O. The summed E-state index contributed by atoms with van der Waals surface area (Å²) in [4.78, 5) is 22.7. The Kier molecular flexibility index (Phi) is 3.38. The number of aromatic nitrogens is 3. The van der Waals surface area contributed by atoms with E-state index in [9.17, 15) is 4.79 Å². The zero-order chi connectivity index (χ0) is 15.5. The van der Waals surface area contributed by atoms with Crippen LogP contribution in [0.4, 0.5) is 0 Å². The molecule has 2 heterocycles. The lowest BCUT2D eigenvalue weighted by molar-refractivity contribution is -0.113. The Morgan fingerprint density at radius 1 is 1.32 bits per heavy atom. The van der Waals surface area contributed by atoms with Crippen molar-refractivity contribution in [2.75, 3.05) is 0 Å². The maximum Gasteiger partial charge on any atom is 0.241 e. The number of rotatable bonds is 3. The third-order valence-electron chi connectivity index (χ3n) is 3.15. The minimum atomic E-state index is -0.523. The van der Waals surface area contributed by atoms with Crippen molar-refractivity contribution in [3.8, 4) is 17.3 Å². The van der Waals surface area contributed by atoms with E-state index in [1.165, 1.54) is 6.08 Å². The van der Waals surface area contributed by atoms with Gasteiger partial charge in [0.15, 0.2) is 5.65 Å². The van der Waals surface area contributed by atoms with Crippen molar-refractivity contribution in [1.29, 1.82) is 5.26 Å². The largest absolute Gasteiger partial charge is 0.366 e. The van der Waals surface area contributed by atoms with Gasteiger partial charge in [-0.05, 0) is 18.2 Å². The van der Waals surface area contributed by atoms with Crippen LogP contribution in [0.1, 0.15) is 11.1 Å². The molecule has 1 aromatic carbocycles. The molecule has 0 atom stereocenters. The number of amides is 1. The summed E-state index contributed by atoms with van der Waals surface area (Å²) in [6.45, 7) is 0. The maximum absolute atomic E-state index is 10.8. The number of hydrogen-bond acceptors (Lipinski definition) is 4. The predicted octanol–water partition coefficient (Wildman–Crippen LogP) is 2.00. The molecule has 2 aromatic heterocycles. The molecule has 1 amide bonds.